The molecule has 1 atom stereocenters. The molecule has 0 fully saturated rings. The normalized spacial score (nSPS) is 14.8. The lowest BCUT2D eigenvalue weighted by Crippen LogP contribution is -2.18. The lowest BCUT2D eigenvalue weighted by Gasteiger charge is -2.13. The third kappa shape index (κ3) is 2.82. The Morgan fingerprint density at radius 2 is 2.06 bits per heavy atom. The molecule has 1 aliphatic heterocycles. The van der Waals surface area contributed by atoms with Crippen LogP contribution in [-0.4, -0.2) is 19.4 Å². The molecular weight excluding hydrogens is 218 g/mol. The largest absolute Gasteiger partial charge is 0.493 e. The maximum Gasteiger partial charge on any atom is 0.231 e. The maximum atomic E-state index is 5.84. The number of ether oxygens (including phenoxy) is 3. The molecule has 0 saturated heterocycles. The van der Waals surface area contributed by atoms with Crippen LogP contribution in [0.3, 0.4) is 0 Å². The average molecular weight is 237 g/mol. The van der Waals surface area contributed by atoms with Gasteiger partial charge in [-0.15, -0.1) is 0 Å². The molecule has 1 unspecified atom stereocenters. The van der Waals surface area contributed by atoms with E-state index in [1.165, 1.54) is 0 Å². The summed E-state index contributed by atoms with van der Waals surface area (Å²) >= 11 is 0. The lowest BCUT2D eigenvalue weighted by molar-refractivity contribution is 0.173. The summed E-state index contributed by atoms with van der Waals surface area (Å²) in [5.41, 5.74) is 6.92. The van der Waals surface area contributed by atoms with Gasteiger partial charge in [-0.05, 0) is 31.4 Å². The van der Waals surface area contributed by atoms with Gasteiger partial charge in [0.15, 0.2) is 11.5 Å². The molecular formula is C13H19NO3. The third-order valence-electron chi connectivity index (χ3n) is 2.56. The van der Waals surface area contributed by atoms with Gasteiger partial charge in [0.1, 0.15) is 5.75 Å². The van der Waals surface area contributed by atoms with Crippen molar-refractivity contribution in [3.8, 4) is 17.2 Å². The fourth-order valence-corrected chi connectivity index (χ4v) is 1.82. The van der Waals surface area contributed by atoms with Crippen molar-refractivity contribution in [3.05, 3.63) is 17.7 Å². The number of rotatable bonds is 5. The highest BCUT2D eigenvalue weighted by atomic mass is 16.7. The Labute approximate surface area is 102 Å². The van der Waals surface area contributed by atoms with Gasteiger partial charge in [-0.1, -0.05) is 6.92 Å². The van der Waals surface area contributed by atoms with Gasteiger partial charge in [0, 0.05) is 12.1 Å². The summed E-state index contributed by atoms with van der Waals surface area (Å²) in [6.45, 7) is 5.04. The highest BCUT2D eigenvalue weighted by Crippen LogP contribution is 2.38. The highest BCUT2D eigenvalue weighted by Gasteiger charge is 2.18. The summed E-state index contributed by atoms with van der Waals surface area (Å²) in [7, 11) is 0. The summed E-state index contributed by atoms with van der Waals surface area (Å²) in [6.07, 6.45) is 1.75. The van der Waals surface area contributed by atoms with Crippen molar-refractivity contribution in [2.45, 2.75) is 32.7 Å². The van der Waals surface area contributed by atoms with Crippen LogP contribution >= 0.6 is 0 Å². The smallest absolute Gasteiger partial charge is 0.231 e. The number of fused-ring (bicyclic) bond motifs is 1. The van der Waals surface area contributed by atoms with Gasteiger partial charge in [-0.3, -0.25) is 0 Å². The van der Waals surface area contributed by atoms with E-state index in [1.807, 2.05) is 19.1 Å². The van der Waals surface area contributed by atoms with Gasteiger partial charge < -0.3 is 19.9 Å². The van der Waals surface area contributed by atoms with E-state index >= 15 is 0 Å². The fraction of sp³-hybridized carbons (Fsp3) is 0.538. The lowest BCUT2D eigenvalue weighted by atomic mass is 10.1. The van der Waals surface area contributed by atoms with Crippen LogP contribution < -0.4 is 19.9 Å². The molecule has 0 aromatic heterocycles. The monoisotopic (exact) mass is 237 g/mol. The van der Waals surface area contributed by atoms with Crippen LogP contribution in [-0.2, 0) is 6.42 Å². The summed E-state index contributed by atoms with van der Waals surface area (Å²) in [5, 5.41) is 0. The Hall–Kier alpha value is -1.42. The van der Waals surface area contributed by atoms with Crippen LogP contribution in [0, 0.1) is 0 Å². The first-order valence-corrected chi connectivity index (χ1v) is 6.01. The SMILES string of the molecule is CCCOc1cc2c(cc1CC(C)N)OCO2. The minimum absolute atomic E-state index is 0.0966. The molecule has 4 nitrogen and oxygen atoms in total. The van der Waals surface area contributed by atoms with Crippen molar-refractivity contribution in [2.24, 2.45) is 5.73 Å². The first-order valence-electron chi connectivity index (χ1n) is 6.01. The van der Waals surface area contributed by atoms with E-state index < -0.39 is 0 Å². The molecule has 2 N–H and O–H groups in total. The topological polar surface area (TPSA) is 53.7 Å². The second-order valence-electron chi connectivity index (χ2n) is 4.34. The van der Waals surface area contributed by atoms with Crippen molar-refractivity contribution in [2.75, 3.05) is 13.4 Å². The van der Waals surface area contributed by atoms with E-state index in [0.717, 1.165) is 35.7 Å². The molecule has 4 heteroatoms. The Kier molecular flexibility index (Phi) is 3.74. The predicted molar refractivity (Wildman–Crippen MR) is 65.7 cm³/mol. The minimum atomic E-state index is 0.0966. The summed E-state index contributed by atoms with van der Waals surface area (Å²) in [5.74, 6) is 2.39. The zero-order valence-corrected chi connectivity index (χ0v) is 10.4. The minimum Gasteiger partial charge on any atom is -0.493 e. The van der Waals surface area contributed by atoms with Crippen molar-refractivity contribution in [3.63, 3.8) is 0 Å². The third-order valence-corrected chi connectivity index (χ3v) is 2.56. The van der Waals surface area contributed by atoms with Gasteiger partial charge in [0.2, 0.25) is 6.79 Å². The van der Waals surface area contributed by atoms with Crippen LogP contribution in [0.4, 0.5) is 0 Å². The fourth-order valence-electron chi connectivity index (χ4n) is 1.82. The Balaban J connectivity index is 2.26. The van der Waals surface area contributed by atoms with Crippen molar-refractivity contribution in [1.82, 2.24) is 0 Å². The molecule has 0 amide bonds. The molecule has 17 heavy (non-hydrogen) atoms. The average Bonchev–Trinajstić information content (AvgIpc) is 2.72. The first-order chi connectivity index (χ1) is 8.20. The van der Waals surface area contributed by atoms with Gasteiger partial charge in [0.05, 0.1) is 6.61 Å². The van der Waals surface area contributed by atoms with Crippen LogP contribution in [0.15, 0.2) is 12.1 Å². The second kappa shape index (κ2) is 5.27. The quantitative estimate of drug-likeness (QED) is 0.852. The molecule has 0 radical (unpaired) electrons. The standard InChI is InChI=1S/C13H19NO3/c1-3-4-15-11-7-13-12(16-8-17-13)6-10(11)5-9(2)14/h6-7,9H,3-5,8,14H2,1-2H3. The zero-order chi connectivity index (χ0) is 12.3. The summed E-state index contributed by atoms with van der Waals surface area (Å²) < 4.78 is 16.4. The molecule has 1 heterocycles. The molecule has 1 aliphatic rings. The van der Waals surface area contributed by atoms with E-state index in [0.29, 0.717) is 6.61 Å². The van der Waals surface area contributed by atoms with E-state index in [-0.39, 0.29) is 12.8 Å². The first kappa shape index (κ1) is 12.0. The van der Waals surface area contributed by atoms with E-state index in [9.17, 15) is 0 Å². The highest BCUT2D eigenvalue weighted by molar-refractivity contribution is 5.52. The molecule has 94 valence electrons. The van der Waals surface area contributed by atoms with Gasteiger partial charge in [-0.2, -0.15) is 0 Å². The number of hydrogen-bond donors (Lipinski definition) is 1. The van der Waals surface area contributed by atoms with Gasteiger partial charge in [-0.25, -0.2) is 0 Å². The molecule has 1 aromatic carbocycles. The predicted octanol–water partition coefficient (Wildman–Crippen LogP) is 2.09. The number of nitrogens with two attached hydrogens (primary N) is 1. The number of benzene rings is 1. The van der Waals surface area contributed by atoms with Crippen molar-refractivity contribution >= 4 is 0 Å². The zero-order valence-electron chi connectivity index (χ0n) is 10.4. The molecule has 0 saturated carbocycles. The van der Waals surface area contributed by atoms with Crippen LogP contribution in [0.5, 0.6) is 17.2 Å². The Morgan fingerprint density at radius 1 is 1.35 bits per heavy atom. The Morgan fingerprint density at radius 3 is 2.71 bits per heavy atom. The van der Waals surface area contributed by atoms with E-state index in [1.54, 1.807) is 0 Å². The second-order valence-corrected chi connectivity index (χ2v) is 4.34. The van der Waals surface area contributed by atoms with Crippen LogP contribution in [0.25, 0.3) is 0 Å². The molecule has 2 rings (SSSR count). The van der Waals surface area contributed by atoms with Crippen molar-refractivity contribution in [1.29, 1.82) is 0 Å². The molecule has 0 spiro atoms. The van der Waals surface area contributed by atoms with Gasteiger partial charge in [0.25, 0.3) is 0 Å². The molecule has 1 aromatic rings. The maximum absolute atomic E-state index is 5.84. The van der Waals surface area contributed by atoms with Crippen LogP contribution in [0.1, 0.15) is 25.8 Å². The summed E-state index contributed by atoms with van der Waals surface area (Å²) in [6, 6.07) is 3.96. The molecule has 0 aliphatic carbocycles. The Bertz CT molecular complexity index is 390. The summed E-state index contributed by atoms with van der Waals surface area (Å²) in [4.78, 5) is 0. The molecule has 0 bridgehead atoms. The van der Waals surface area contributed by atoms with E-state index in [2.05, 4.69) is 6.92 Å². The van der Waals surface area contributed by atoms with Crippen LogP contribution in [0.2, 0.25) is 0 Å². The van der Waals surface area contributed by atoms with E-state index in [4.69, 9.17) is 19.9 Å². The van der Waals surface area contributed by atoms with Crippen molar-refractivity contribution < 1.29 is 14.2 Å². The van der Waals surface area contributed by atoms with Gasteiger partial charge >= 0.3 is 0 Å². The number of hydrogen-bond acceptors (Lipinski definition) is 4.